The first-order chi connectivity index (χ1) is 9.61. The molecule has 2 rings (SSSR count). The van der Waals surface area contributed by atoms with Gasteiger partial charge in [0.05, 0.1) is 12.2 Å². The van der Waals surface area contributed by atoms with Gasteiger partial charge in [0.1, 0.15) is 0 Å². The van der Waals surface area contributed by atoms with Crippen LogP contribution in [0.5, 0.6) is 0 Å². The zero-order valence-corrected chi connectivity index (χ0v) is 12.7. The number of nitrogens with one attached hydrogen (secondary N) is 2. The summed E-state index contributed by atoms with van der Waals surface area (Å²) in [4.78, 5) is 6.90. The summed E-state index contributed by atoms with van der Waals surface area (Å²) in [5.74, 6) is 0.521. The van der Waals surface area contributed by atoms with Crippen molar-refractivity contribution in [3.63, 3.8) is 0 Å². The zero-order valence-electron chi connectivity index (χ0n) is 12.7. The van der Waals surface area contributed by atoms with Gasteiger partial charge in [-0.25, -0.2) is 4.99 Å². The molecule has 0 aromatic carbocycles. The van der Waals surface area contributed by atoms with Crippen molar-refractivity contribution in [2.75, 3.05) is 19.6 Å². The Morgan fingerprint density at radius 2 is 2.35 bits per heavy atom. The molecule has 0 bridgehead atoms. The summed E-state index contributed by atoms with van der Waals surface area (Å²) >= 11 is 0. The van der Waals surface area contributed by atoms with E-state index in [9.17, 15) is 0 Å². The third-order valence-corrected chi connectivity index (χ3v) is 4.11. The van der Waals surface area contributed by atoms with E-state index >= 15 is 0 Å². The lowest BCUT2D eigenvalue weighted by molar-refractivity contribution is 0.267. The molecule has 6 nitrogen and oxygen atoms in total. The minimum atomic E-state index is 0.521. The van der Waals surface area contributed by atoms with Gasteiger partial charge in [-0.1, -0.05) is 6.92 Å². The van der Waals surface area contributed by atoms with Gasteiger partial charge in [0.2, 0.25) is 0 Å². The molecule has 112 valence electrons. The second kappa shape index (κ2) is 6.74. The Kier molecular flexibility index (Phi) is 5.00. The van der Waals surface area contributed by atoms with Gasteiger partial charge in [0.25, 0.3) is 0 Å². The molecule has 6 heteroatoms. The Morgan fingerprint density at radius 1 is 1.55 bits per heavy atom. The fourth-order valence-corrected chi connectivity index (χ4v) is 2.79. The van der Waals surface area contributed by atoms with Crippen molar-refractivity contribution in [3.8, 4) is 0 Å². The Bertz CT molecular complexity index is 445. The minimum Gasteiger partial charge on any atom is -0.370 e. The molecule has 1 aromatic heterocycles. The van der Waals surface area contributed by atoms with Gasteiger partial charge < -0.3 is 11.1 Å². The van der Waals surface area contributed by atoms with Crippen molar-refractivity contribution in [1.29, 1.82) is 0 Å². The molecular weight excluding hydrogens is 252 g/mol. The normalized spacial score (nSPS) is 20.6. The molecular formula is C14H26N6. The van der Waals surface area contributed by atoms with Crippen LogP contribution in [-0.2, 0) is 6.54 Å². The van der Waals surface area contributed by atoms with Gasteiger partial charge >= 0.3 is 0 Å². The maximum atomic E-state index is 5.95. The summed E-state index contributed by atoms with van der Waals surface area (Å²) < 4.78 is 0. The number of likely N-dealkylation sites (tertiary alicyclic amines) is 1. The van der Waals surface area contributed by atoms with E-state index in [4.69, 9.17) is 5.73 Å². The van der Waals surface area contributed by atoms with E-state index in [-0.39, 0.29) is 0 Å². The molecule has 1 aliphatic rings. The van der Waals surface area contributed by atoms with E-state index in [0.717, 1.165) is 30.0 Å². The van der Waals surface area contributed by atoms with Crippen LogP contribution in [0.4, 0.5) is 0 Å². The number of hydrogen-bond donors (Lipinski definition) is 3. The van der Waals surface area contributed by atoms with E-state index in [2.05, 4.69) is 32.3 Å². The summed E-state index contributed by atoms with van der Waals surface area (Å²) in [6.45, 7) is 9.97. The highest BCUT2D eigenvalue weighted by Gasteiger charge is 2.22. The van der Waals surface area contributed by atoms with E-state index in [1.165, 1.54) is 19.4 Å². The number of nitrogens with two attached hydrogens (primary N) is 1. The molecule has 1 aliphatic heterocycles. The highest BCUT2D eigenvalue weighted by atomic mass is 15.2. The average Bonchev–Trinajstić information content (AvgIpc) is 3.01. The van der Waals surface area contributed by atoms with Crippen LogP contribution in [0.1, 0.15) is 36.7 Å². The van der Waals surface area contributed by atoms with Crippen LogP contribution in [0.15, 0.2) is 4.99 Å². The van der Waals surface area contributed by atoms with Crippen molar-refractivity contribution < 1.29 is 0 Å². The van der Waals surface area contributed by atoms with E-state index in [1.807, 2.05) is 13.8 Å². The molecule has 1 atom stereocenters. The Hall–Kier alpha value is -1.56. The predicted octanol–water partition coefficient (Wildman–Crippen LogP) is 0.915. The van der Waals surface area contributed by atoms with Crippen LogP contribution in [0.3, 0.4) is 0 Å². The predicted molar refractivity (Wildman–Crippen MR) is 81.7 cm³/mol. The van der Waals surface area contributed by atoms with Crippen molar-refractivity contribution in [1.82, 2.24) is 20.4 Å². The fourth-order valence-electron chi connectivity index (χ4n) is 2.79. The molecule has 0 spiro atoms. The molecule has 0 radical (unpaired) electrons. The maximum absolute atomic E-state index is 5.95. The molecule has 0 aliphatic carbocycles. The van der Waals surface area contributed by atoms with Gasteiger partial charge in [-0.2, -0.15) is 5.10 Å². The second-order valence-corrected chi connectivity index (χ2v) is 5.42. The van der Waals surface area contributed by atoms with Gasteiger partial charge in [-0.15, -0.1) is 0 Å². The molecule has 1 saturated heterocycles. The second-order valence-electron chi connectivity index (χ2n) is 5.42. The van der Waals surface area contributed by atoms with Crippen LogP contribution >= 0.6 is 0 Å². The van der Waals surface area contributed by atoms with Crippen molar-refractivity contribution in [2.45, 2.75) is 46.2 Å². The number of hydrogen-bond acceptors (Lipinski definition) is 3. The van der Waals surface area contributed by atoms with Crippen molar-refractivity contribution >= 4 is 5.96 Å². The topological polar surface area (TPSA) is 82.3 Å². The van der Waals surface area contributed by atoms with Crippen LogP contribution < -0.4 is 11.1 Å². The molecule has 4 N–H and O–H groups in total. The van der Waals surface area contributed by atoms with Crippen LogP contribution in [-0.4, -0.2) is 46.7 Å². The molecule has 0 amide bonds. The first-order valence-corrected chi connectivity index (χ1v) is 7.40. The Morgan fingerprint density at radius 3 is 3.00 bits per heavy atom. The van der Waals surface area contributed by atoms with Crippen LogP contribution in [0.25, 0.3) is 0 Å². The number of aromatic amines is 1. The lowest BCUT2D eigenvalue weighted by Crippen LogP contribution is -2.42. The monoisotopic (exact) mass is 278 g/mol. The number of nitrogens with zero attached hydrogens (tertiary/aromatic N) is 3. The smallest absolute Gasteiger partial charge is 0.188 e. The van der Waals surface area contributed by atoms with Crippen molar-refractivity contribution in [3.05, 3.63) is 17.0 Å². The van der Waals surface area contributed by atoms with Gasteiger partial charge in [0, 0.05) is 23.8 Å². The maximum Gasteiger partial charge on any atom is 0.188 e. The van der Waals surface area contributed by atoms with Crippen molar-refractivity contribution in [2.24, 2.45) is 10.7 Å². The number of aryl methyl sites for hydroxylation is 2. The third-order valence-electron chi connectivity index (χ3n) is 4.11. The largest absolute Gasteiger partial charge is 0.370 e. The quantitative estimate of drug-likeness (QED) is 0.552. The number of H-pyrrole nitrogens is 1. The summed E-state index contributed by atoms with van der Waals surface area (Å²) in [6.07, 6.45) is 2.53. The van der Waals surface area contributed by atoms with Gasteiger partial charge in [-0.05, 0) is 39.8 Å². The van der Waals surface area contributed by atoms with E-state index in [1.54, 1.807) is 0 Å². The number of aliphatic imine (C=N–C) groups is 1. The van der Waals surface area contributed by atoms with E-state index in [0.29, 0.717) is 18.5 Å². The summed E-state index contributed by atoms with van der Waals surface area (Å²) in [6, 6.07) is 0.589. The molecule has 1 unspecified atom stereocenters. The fraction of sp³-hybridized carbons (Fsp3) is 0.714. The number of likely N-dealkylation sites (N-methyl/N-ethyl adjacent to an activating group) is 1. The molecule has 1 aromatic rings. The standard InChI is InChI=1S/C14H26N6/c1-4-20-7-5-6-12(20)8-16-14(15)17-9-13-10(2)18-19-11(13)3/h12H,4-9H2,1-3H3,(H,18,19)(H3,15,16,17). The highest BCUT2D eigenvalue weighted by molar-refractivity contribution is 5.77. The van der Waals surface area contributed by atoms with E-state index < -0.39 is 0 Å². The number of aromatic nitrogens is 2. The third kappa shape index (κ3) is 3.50. The molecule has 20 heavy (non-hydrogen) atoms. The summed E-state index contributed by atoms with van der Waals surface area (Å²) in [5.41, 5.74) is 9.13. The molecule has 1 fully saturated rings. The zero-order chi connectivity index (χ0) is 14.5. The highest BCUT2D eigenvalue weighted by Crippen LogP contribution is 2.15. The number of rotatable bonds is 5. The van der Waals surface area contributed by atoms with Gasteiger partial charge in [-0.3, -0.25) is 10.00 Å². The first kappa shape index (κ1) is 14.8. The summed E-state index contributed by atoms with van der Waals surface area (Å²) in [7, 11) is 0. The first-order valence-electron chi connectivity index (χ1n) is 7.40. The minimum absolute atomic E-state index is 0.521. The Labute approximate surface area is 120 Å². The SMILES string of the molecule is CCN1CCCC1CNC(N)=NCc1c(C)n[nH]c1C. The average molecular weight is 278 g/mol. The molecule has 2 heterocycles. The Balaban J connectivity index is 1.82. The van der Waals surface area contributed by atoms with Gasteiger partial charge in [0.15, 0.2) is 5.96 Å². The number of guanidine groups is 1. The lowest BCUT2D eigenvalue weighted by atomic mass is 10.2. The lowest BCUT2D eigenvalue weighted by Gasteiger charge is -2.23. The molecule has 0 saturated carbocycles. The summed E-state index contributed by atoms with van der Waals surface area (Å²) in [5, 5.41) is 10.4. The van der Waals surface area contributed by atoms with Crippen LogP contribution in [0.2, 0.25) is 0 Å². The van der Waals surface area contributed by atoms with Crippen LogP contribution in [0, 0.1) is 13.8 Å².